The Morgan fingerprint density at radius 2 is 1.81 bits per heavy atom. The van der Waals surface area contributed by atoms with Crippen molar-refractivity contribution in [2.75, 3.05) is 5.75 Å². The predicted molar refractivity (Wildman–Crippen MR) is 78.9 cm³/mol. The first kappa shape index (κ1) is 15.3. The van der Waals surface area contributed by atoms with E-state index in [-0.39, 0.29) is 0 Å². The van der Waals surface area contributed by atoms with Crippen LogP contribution in [0.15, 0.2) is 30.3 Å². The van der Waals surface area contributed by atoms with E-state index < -0.39 is 41.4 Å². The highest BCUT2D eigenvalue weighted by atomic mass is 32.2. The highest BCUT2D eigenvalue weighted by molar-refractivity contribution is 7.99. The maximum Gasteiger partial charge on any atom is 0.132 e. The lowest BCUT2D eigenvalue weighted by Crippen LogP contribution is -2.79. The third-order valence-corrected chi connectivity index (χ3v) is 5.50. The SMILES string of the molecule is CCS[C@@H]1O[C@@H]2C(O)C(c3ccccc3)[C@@]2(O)[C@H](O)[C@H]1O. The van der Waals surface area contributed by atoms with Crippen LogP contribution in [0.3, 0.4) is 0 Å². The second-order valence-electron chi connectivity index (χ2n) is 5.58. The van der Waals surface area contributed by atoms with Gasteiger partial charge in [0.05, 0.1) is 6.10 Å². The van der Waals surface area contributed by atoms with Gasteiger partial charge in [-0.1, -0.05) is 37.3 Å². The van der Waals surface area contributed by atoms with Crippen molar-refractivity contribution in [1.82, 2.24) is 0 Å². The normalized spacial score (nSPS) is 45.8. The van der Waals surface area contributed by atoms with Crippen molar-refractivity contribution in [1.29, 1.82) is 0 Å². The van der Waals surface area contributed by atoms with Crippen LogP contribution in [0.5, 0.6) is 0 Å². The van der Waals surface area contributed by atoms with Crippen molar-refractivity contribution in [3.05, 3.63) is 35.9 Å². The summed E-state index contributed by atoms with van der Waals surface area (Å²) in [6.07, 6.45) is -4.33. The molecule has 5 nitrogen and oxygen atoms in total. The predicted octanol–water partition coefficient (Wildman–Crippen LogP) is 0.0756. The molecule has 1 aliphatic heterocycles. The fourth-order valence-electron chi connectivity index (χ4n) is 3.40. The molecule has 6 heteroatoms. The minimum atomic E-state index is -1.66. The number of hydrogen-bond donors (Lipinski definition) is 4. The molecule has 2 fully saturated rings. The quantitative estimate of drug-likeness (QED) is 0.632. The molecule has 7 atom stereocenters. The van der Waals surface area contributed by atoms with Gasteiger partial charge >= 0.3 is 0 Å². The Morgan fingerprint density at radius 1 is 1.14 bits per heavy atom. The van der Waals surface area contributed by atoms with Crippen LogP contribution in [0.25, 0.3) is 0 Å². The molecule has 4 N–H and O–H groups in total. The van der Waals surface area contributed by atoms with Crippen LogP contribution in [0.1, 0.15) is 18.4 Å². The molecular weight excluding hydrogens is 292 g/mol. The highest BCUT2D eigenvalue weighted by Crippen LogP contribution is 2.54. The van der Waals surface area contributed by atoms with E-state index in [1.54, 1.807) is 24.3 Å². The van der Waals surface area contributed by atoms with Gasteiger partial charge in [0.2, 0.25) is 0 Å². The number of benzene rings is 1. The molecule has 3 rings (SSSR count). The summed E-state index contributed by atoms with van der Waals surface area (Å²) in [5, 5.41) is 41.7. The van der Waals surface area contributed by atoms with E-state index in [0.29, 0.717) is 5.75 Å². The number of aliphatic hydroxyl groups excluding tert-OH is 3. The standard InChI is InChI=1S/C15H20O5S/c1-2-21-14-11(17)12(18)15(19)9(10(16)13(15)20-14)8-6-4-3-5-7-8/h3-7,9-14,16-19H,2H2,1H3/t9?,10?,11-,12-,13-,14+,15-/m1/s1. The first-order valence-electron chi connectivity index (χ1n) is 7.10. The number of hydrogen-bond acceptors (Lipinski definition) is 6. The second-order valence-corrected chi connectivity index (χ2v) is 6.96. The van der Waals surface area contributed by atoms with Crippen molar-refractivity contribution >= 4 is 11.8 Å². The molecule has 1 aliphatic carbocycles. The number of ether oxygens (including phenoxy) is 1. The fourth-order valence-corrected chi connectivity index (χ4v) is 4.27. The molecule has 21 heavy (non-hydrogen) atoms. The maximum absolute atomic E-state index is 10.8. The van der Waals surface area contributed by atoms with Gasteiger partial charge < -0.3 is 25.2 Å². The summed E-state index contributed by atoms with van der Waals surface area (Å²) in [4.78, 5) is 0. The molecule has 1 heterocycles. The summed E-state index contributed by atoms with van der Waals surface area (Å²) < 4.78 is 5.63. The smallest absolute Gasteiger partial charge is 0.132 e. The van der Waals surface area contributed by atoms with E-state index in [9.17, 15) is 20.4 Å². The van der Waals surface area contributed by atoms with Gasteiger partial charge in [-0.15, -0.1) is 11.8 Å². The second kappa shape index (κ2) is 5.53. The van der Waals surface area contributed by atoms with E-state index in [1.165, 1.54) is 11.8 Å². The van der Waals surface area contributed by atoms with Crippen LogP contribution in [-0.4, -0.2) is 61.6 Å². The molecule has 0 bridgehead atoms. The van der Waals surface area contributed by atoms with E-state index in [4.69, 9.17) is 4.74 Å². The lowest BCUT2D eigenvalue weighted by molar-refractivity contribution is -0.336. The van der Waals surface area contributed by atoms with Crippen molar-refractivity contribution in [2.45, 2.75) is 48.3 Å². The number of fused-ring (bicyclic) bond motifs is 1. The zero-order chi connectivity index (χ0) is 15.2. The van der Waals surface area contributed by atoms with Gasteiger partial charge in [-0.2, -0.15) is 0 Å². The molecule has 1 aromatic rings. The zero-order valence-electron chi connectivity index (χ0n) is 11.7. The van der Waals surface area contributed by atoms with E-state index in [0.717, 1.165) is 5.56 Å². The van der Waals surface area contributed by atoms with Crippen LogP contribution in [0, 0.1) is 0 Å². The van der Waals surface area contributed by atoms with E-state index in [1.807, 2.05) is 13.0 Å². The summed E-state index contributed by atoms with van der Waals surface area (Å²) in [5.41, 5.74) is -1.58. The van der Waals surface area contributed by atoms with Crippen molar-refractivity contribution < 1.29 is 25.2 Å². The number of thioether (sulfide) groups is 1. The molecule has 0 spiro atoms. The lowest BCUT2D eigenvalue weighted by Gasteiger charge is -2.62. The number of aliphatic hydroxyl groups is 4. The van der Waals surface area contributed by atoms with Gasteiger partial charge in [-0.3, -0.25) is 0 Å². The van der Waals surface area contributed by atoms with Gasteiger partial charge in [-0.25, -0.2) is 0 Å². The molecule has 0 aromatic heterocycles. The van der Waals surface area contributed by atoms with Crippen molar-refractivity contribution in [3.63, 3.8) is 0 Å². The summed E-state index contributed by atoms with van der Waals surface area (Å²) in [7, 11) is 0. The number of rotatable bonds is 3. The monoisotopic (exact) mass is 312 g/mol. The zero-order valence-corrected chi connectivity index (χ0v) is 12.5. The molecular formula is C15H20O5S. The van der Waals surface area contributed by atoms with Gasteiger partial charge in [0, 0.05) is 5.92 Å². The summed E-state index contributed by atoms with van der Waals surface area (Å²) in [5.74, 6) is 0.0403. The Bertz CT molecular complexity index is 494. The molecule has 1 aromatic carbocycles. The van der Waals surface area contributed by atoms with Crippen LogP contribution in [0.4, 0.5) is 0 Å². The Labute approximate surface area is 127 Å². The van der Waals surface area contributed by atoms with Crippen LogP contribution in [0.2, 0.25) is 0 Å². The summed E-state index contributed by atoms with van der Waals surface area (Å²) >= 11 is 1.35. The molecule has 0 radical (unpaired) electrons. The Morgan fingerprint density at radius 3 is 2.43 bits per heavy atom. The third kappa shape index (κ3) is 2.13. The van der Waals surface area contributed by atoms with Crippen molar-refractivity contribution in [3.8, 4) is 0 Å². The Balaban J connectivity index is 1.90. The average Bonchev–Trinajstić information content (AvgIpc) is 2.49. The fraction of sp³-hybridized carbons (Fsp3) is 0.600. The van der Waals surface area contributed by atoms with Gasteiger partial charge in [0.1, 0.15) is 29.3 Å². The van der Waals surface area contributed by atoms with Crippen LogP contribution in [-0.2, 0) is 4.74 Å². The van der Waals surface area contributed by atoms with Gasteiger partial charge in [0.25, 0.3) is 0 Å². The molecule has 2 unspecified atom stereocenters. The van der Waals surface area contributed by atoms with Crippen LogP contribution >= 0.6 is 11.8 Å². The largest absolute Gasteiger partial charge is 0.390 e. The minimum absolute atomic E-state index is 0.637. The first-order chi connectivity index (χ1) is 10.0. The van der Waals surface area contributed by atoms with E-state index in [2.05, 4.69) is 0 Å². The first-order valence-corrected chi connectivity index (χ1v) is 8.15. The molecule has 1 saturated carbocycles. The topological polar surface area (TPSA) is 90.2 Å². The highest BCUT2D eigenvalue weighted by Gasteiger charge is 2.70. The maximum atomic E-state index is 10.8. The Kier molecular flexibility index (Phi) is 4.02. The van der Waals surface area contributed by atoms with Crippen LogP contribution < -0.4 is 0 Å². The van der Waals surface area contributed by atoms with Gasteiger partial charge in [0.15, 0.2) is 0 Å². The molecule has 2 aliphatic rings. The lowest BCUT2D eigenvalue weighted by atomic mass is 9.57. The summed E-state index contributed by atoms with van der Waals surface area (Å²) in [6.45, 7) is 1.91. The third-order valence-electron chi connectivity index (χ3n) is 4.45. The molecule has 0 amide bonds. The molecule has 116 valence electrons. The summed E-state index contributed by atoms with van der Waals surface area (Å²) in [6, 6.07) is 9.02. The Hall–Kier alpha value is -0.630. The average molecular weight is 312 g/mol. The van der Waals surface area contributed by atoms with Gasteiger partial charge in [-0.05, 0) is 11.3 Å². The minimum Gasteiger partial charge on any atom is -0.390 e. The van der Waals surface area contributed by atoms with E-state index >= 15 is 0 Å². The molecule has 1 saturated heterocycles. The van der Waals surface area contributed by atoms with Crippen molar-refractivity contribution in [2.24, 2.45) is 0 Å².